The highest BCUT2D eigenvalue weighted by Crippen LogP contribution is 2.10. The molecule has 1 aromatic heterocycles. The summed E-state index contributed by atoms with van der Waals surface area (Å²) in [5.74, 6) is -0.792. The van der Waals surface area contributed by atoms with Gasteiger partial charge in [-0.25, -0.2) is 0 Å². The molecular weight excluding hydrogens is 222 g/mol. The molecule has 0 saturated heterocycles. The van der Waals surface area contributed by atoms with E-state index < -0.39 is 5.97 Å². The standard InChI is InChI=1S/C11H17N3O3/c1-3-14-7-8(12)5-9(14)11(16)13-6-10(15)17-4-2/h5,7H,3-4,6,12H2,1-2H3,(H,13,16). The van der Waals surface area contributed by atoms with E-state index in [-0.39, 0.29) is 12.5 Å². The van der Waals surface area contributed by atoms with Crippen molar-refractivity contribution in [3.63, 3.8) is 0 Å². The van der Waals surface area contributed by atoms with E-state index in [4.69, 9.17) is 10.5 Å². The lowest BCUT2D eigenvalue weighted by molar-refractivity contribution is -0.141. The van der Waals surface area contributed by atoms with Crippen LogP contribution < -0.4 is 11.1 Å². The zero-order valence-corrected chi connectivity index (χ0v) is 10.0. The quantitative estimate of drug-likeness (QED) is 0.727. The van der Waals surface area contributed by atoms with Gasteiger partial charge in [-0.1, -0.05) is 0 Å². The smallest absolute Gasteiger partial charge is 0.325 e. The van der Waals surface area contributed by atoms with Gasteiger partial charge in [0.15, 0.2) is 0 Å². The lowest BCUT2D eigenvalue weighted by Crippen LogP contribution is -2.31. The molecule has 1 rings (SSSR count). The molecule has 0 radical (unpaired) electrons. The predicted octanol–water partition coefficient (Wildman–Crippen LogP) is 0.383. The van der Waals surface area contributed by atoms with Gasteiger partial charge in [-0.3, -0.25) is 9.59 Å². The molecule has 0 aliphatic heterocycles. The van der Waals surface area contributed by atoms with Gasteiger partial charge >= 0.3 is 5.97 Å². The topological polar surface area (TPSA) is 86.3 Å². The minimum atomic E-state index is -0.455. The molecule has 0 spiro atoms. The third-order valence-electron chi connectivity index (χ3n) is 2.19. The number of amides is 1. The monoisotopic (exact) mass is 239 g/mol. The number of hydrogen-bond acceptors (Lipinski definition) is 4. The van der Waals surface area contributed by atoms with Crippen molar-refractivity contribution >= 4 is 17.6 Å². The summed E-state index contributed by atoms with van der Waals surface area (Å²) in [6, 6.07) is 1.57. The molecule has 17 heavy (non-hydrogen) atoms. The summed E-state index contributed by atoms with van der Waals surface area (Å²) < 4.78 is 6.42. The lowest BCUT2D eigenvalue weighted by atomic mass is 10.3. The van der Waals surface area contributed by atoms with E-state index in [9.17, 15) is 9.59 Å². The number of rotatable bonds is 5. The van der Waals surface area contributed by atoms with Gasteiger partial charge in [0.2, 0.25) is 0 Å². The first-order valence-corrected chi connectivity index (χ1v) is 5.48. The minimum absolute atomic E-state index is 0.137. The van der Waals surface area contributed by atoms with Crippen molar-refractivity contribution in [3.05, 3.63) is 18.0 Å². The summed E-state index contributed by atoms with van der Waals surface area (Å²) in [5, 5.41) is 2.48. The average molecular weight is 239 g/mol. The number of esters is 1. The van der Waals surface area contributed by atoms with Crippen LogP contribution >= 0.6 is 0 Å². The van der Waals surface area contributed by atoms with Crippen LogP contribution in [0.3, 0.4) is 0 Å². The van der Waals surface area contributed by atoms with Gasteiger partial charge in [0.05, 0.1) is 12.3 Å². The second-order valence-electron chi connectivity index (χ2n) is 3.43. The maximum absolute atomic E-state index is 11.8. The number of ether oxygens (including phenoxy) is 1. The molecule has 94 valence electrons. The van der Waals surface area contributed by atoms with Crippen molar-refractivity contribution in [1.82, 2.24) is 9.88 Å². The van der Waals surface area contributed by atoms with Crippen LogP contribution in [0.4, 0.5) is 5.69 Å². The van der Waals surface area contributed by atoms with E-state index >= 15 is 0 Å². The van der Waals surface area contributed by atoms with Crippen LogP contribution in [0.15, 0.2) is 12.3 Å². The van der Waals surface area contributed by atoms with Crippen molar-refractivity contribution < 1.29 is 14.3 Å². The molecule has 1 heterocycles. The Kier molecular flexibility index (Phi) is 4.56. The van der Waals surface area contributed by atoms with Crippen LogP contribution in [0.25, 0.3) is 0 Å². The molecule has 0 aliphatic carbocycles. The first kappa shape index (κ1) is 13.1. The van der Waals surface area contributed by atoms with Gasteiger partial charge in [-0.15, -0.1) is 0 Å². The van der Waals surface area contributed by atoms with Crippen LogP contribution in [0.2, 0.25) is 0 Å². The van der Waals surface area contributed by atoms with Crippen molar-refractivity contribution in [3.8, 4) is 0 Å². The molecule has 1 aromatic rings. The SMILES string of the molecule is CCOC(=O)CNC(=O)c1cc(N)cn1CC. The van der Waals surface area contributed by atoms with Crippen LogP contribution in [0.5, 0.6) is 0 Å². The van der Waals surface area contributed by atoms with Crippen molar-refractivity contribution in [2.24, 2.45) is 0 Å². The maximum Gasteiger partial charge on any atom is 0.325 e. The Bertz CT molecular complexity index is 412. The second kappa shape index (κ2) is 5.93. The molecule has 0 atom stereocenters. The summed E-state index contributed by atoms with van der Waals surface area (Å²) in [7, 11) is 0. The second-order valence-corrected chi connectivity index (χ2v) is 3.43. The van der Waals surface area contributed by atoms with E-state index in [0.29, 0.717) is 24.5 Å². The Morgan fingerprint density at radius 1 is 1.47 bits per heavy atom. The number of hydrogen-bond donors (Lipinski definition) is 2. The normalized spacial score (nSPS) is 10.0. The molecule has 6 nitrogen and oxygen atoms in total. The predicted molar refractivity (Wildman–Crippen MR) is 63.5 cm³/mol. The number of nitrogens with one attached hydrogen (secondary N) is 1. The van der Waals surface area contributed by atoms with Gasteiger partial charge < -0.3 is 20.4 Å². The highest BCUT2D eigenvalue weighted by atomic mass is 16.5. The lowest BCUT2D eigenvalue weighted by Gasteiger charge is -2.07. The number of carbonyl (C=O) groups is 2. The summed E-state index contributed by atoms with van der Waals surface area (Å²) in [4.78, 5) is 22.8. The molecule has 0 bridgehead atoms. The van der Waals surface area contributed by atoms with Crippen LogP contribution in [0, 0.1) is 0 Å². The zero-order chi connectivity index (χ0) is 12.8. The molecule has 0 saturated carbocycles. The zero-order valence-electron chi connectivity index (χ0n) is 10.0. The number of nitrogens with two attached hydrogens (primary N) is 1. The van der Waals surface area contributed by atoms with E-state index in [2.05, 4.69) is 5.32 Å². The molecule has 0 unspecified atom stereocenters. The van der Waals surface area contributed by atoms with Crippen molar-refractivity contribution in [1.29, 1.82) is 0 Å². The Morgan fingerprint density at radius 3 is 2.76 bits per heavy atom. The number of anilines is 1. The Hall–Kier alpha value is -1.98. The molecule has 0 aliphatic rings. The summed E-state index contributed by atoms with van der Waals surface area (Å²) in [6.07, 6.45) is 1.68. The largest absolute Gasteiger partial charge is 0.465 e. The summed E-state index contributed by atoms with van der Waals surface area (Å²) in [6.45, 7) is 4.41. The maximum atomic E-state index is 11.8. The van der Waals surface area contributed by atoms with Crippen molar-refractivity contribution in [2.45, 2.75) is 20.4 Å². The molecule has 3 N–H and O–H groups in total. The Balaban J connectivity index is 2.60. The highest BCUT2D eigenvalue weighted by Gasteiger charge is 2.13. The van der Waals surface area contributed by atoms with E-state index in [1.54, 1.807) is 23.8 Å². The van der Waals surface area contributed by atoms with E-state index in [1.165, 1.54) is 0 Å². The number of aromatic nitrogens is 1. The molecule has 0 fully saturated rings. The Morgan fingerprint density at radius 2 is 2.18 bits per heavy atom. The molecule has 1 amide bonds. The van der Waals surface area contributed by atoms with Gasteiger partial charge in [-0.2, -0.15) is 0 Å². The van der Waals surface area contributed by atoms with Gasteiger partial charge in [0.25, 0.3) is 5.91 Å². The van der Waals surface area contributed by atoms with Crippen molar-refractivity contribution in [2.75, 3.05) is 18.9 Å². The number of carbonyl (C=O) groups excluding carboxylic acids is 2. The summed E-state index contributed by atoms with van der Waals surface area (Å²) in [5.41, 5.74) is 6.56. The average Bonchev–Trinajstić information content (AvgIpc) is 2.68. The van der Waals surface area contributed by atoms with Gasteiger partial charge in [0.1, 0.15) is 12.2 Å². The molecule has 0 aromatic carbocycles. The number of nitrogen functional groups attached to an aromatic ring is 1. The first-order chi connectivity index (χ1) is 8.08. The molecular formula is C11H17N3O3. The molecule has 6 heteroatoms. The summed E-state index contributed by atoms with van der Waals surface area (Å²) >= 11 is 0. The van der Waals surface area contributed by atoms with Crippen LogP contribution in [-0.2, 0) is 16.1 Å². The highest BCUT2D eigenvalue weighted by molar-refractivity contribution is 5.95. The van der Waals surface area contributed by atoms with E-state index in [1.807, 2.05) is 6.92 Å². The van der Waals surface area contributed by atoms with E-state index in [0.717, 1.165) is 0 Å². The first-order valence-electron chi connectivity index (χ1n) is 5.48. The van der Waals surface area contributed by atoms with Crippen LogP contribution in [0.1, 0.15) is 24.3 Å². The minimum Gasteiger partial charge on any atom is -0.465 e. The van der Waals surface area contributed by atoms with Gasteiger partial charge in [0, 0.05) is 12.7 Å². The number of aryl methyl sites for hydroxylation is 1. The fourth-order valence-electron chi connectivity index (χ4n) is 1.44. The fraction of sp³-hybridized carbons (Fsp3) is 0.455. The van der Waals surface area contributed by atoms with Gasteiger partial charge in [-0.05, 0) is 19.9 Å². The number of nitrogens with zero attached hydrogens (tertiary/aromatic N) is 1. The van der Waals surface area contributed by atoms with Crippen LogP contribution in [-0.4, -0.2) is 29.6 Å². The third kappa shape index (κ3) is 3.51. The Labute approximate surface area is 99.7 Å². The fourth-order valence-corrected chi connectivity index (χ4v) is 1.44. The third-order valence-corrected chi connectivity index (χ3v) is 2.19.